The summed E-state index contributed by atoms with van der Waals surface area (Å²) in [6.45, 7) is 0.860. The molecule has 0 saturated heterocycles. The number of benzene rings is 1. The fourth-order valence-corrected chi connectivity index (χ4v) is 3.43. The van der Waals surface area contributed by atoms with Gasteiger partial charge >= 0.3 is 5.97 Å². The van der Waals surface area contributed by atoms with E-state index in [-0.39, 0.29) is 23.8 Å². The van der Waals surface area contributed by atoms with E-state index in [1.807, 2.05) is 0 Å². The van der Waals surface area contributed by atoms with Crippen LogP contribution in [0.2, 0.25) is 0 Å². The van der Waals surface area contributed by atoms with Crippen LogP contribution in [-0.2, 0) is 26.0 Å². The predicted octanol–water partition coefficient (Wildman–Crippen LogP) is 1.20. The summed E-state index contributed by atoms with van der Waals surface area (Å²) in [4.78, 5) is 11.3. The summed E-state index contributed by atoms with van der Waals surface area (Å²) < 4.78 is 36.1. The molecule has 1 heterocycles. The molecule has 0 unspecified atom stereocenters. The molecule has 0 amide bonds. The van der Waals surface area contributed by atoms with Crippen molar-refractivity contribution in [3.8, 4) is 5.75 Å². The number of sulfonamides is 1. The van der Waals surface area contributed by atoms with Crippen molar-refractivity contribution in [3.05, 3.63) is 23.8 Å². The van der Waals surface area contributed by atoms with Gasteiger partial charge in [0.15, 0.2) is 0 Å². The van der Waals surface area contributed by atoms with Crippen LogP contribution in [0.15, 0.2) is 23.1 Å². The first-order valence-electron chi connectivity index (χ1n) is 6.74. The maximum atomic E-state index is 12.4. The molecule has 2 rings (SSSR count). The Balaban J connectivity index is 2.05. The molecule has 0 aliphatic carbocycles. The molecule has 1 aliphatic rings. The minimum atomic E-state index is -3.54. The highest BCUT2D eigenvalue weighted by atomic mass is 32.2. The lowest BCUT2D eigenvalue weighted by atomic mass is 10.2. The van der Waals surface area contributed by atoms with Crippen LogP contribution in [0.5, 0.6) is 5.75 Å². The third-order valence-electron chi connectivity index (χ3n) is 3.45. The Bertz CT molecular complexity index is 626. The average Bonchev–Trinajstić information content (AvgIpc) is 2.94. The monoisotopic (exact) mass is 313 g/mol. The second-order valence-electron chi connectivity index (χ2n) is 4.87. The first kappa shape index (κ1) is 15.8. The molecule has 0 fully saturated rings. The lowest BCUT2D eigenvalue weighted by Crippen LogP contribution is -2.28. The van der Waals surface area contributed by atoms with Gasteiger partial charge in [-0.25, -0.2) is 12.7 Å². The van der Waals surface area contributed by atoms with Crippen LogP contribution in [0, 0.1) is 0 Å². The van der Waals surface area contributed by atoms with Crippen LogP contribution >= 0.6 is 0 Å². The number of hydrogen-bond acceptors (Lipinski definition) is 5. The van der Waals surface area contributed by atoms with Gasteiger partial charge in [0, 0.05) is 26.4 Å². The number of nitrogens with zero attached hydrogens (tertiary/aromatic N) is 1. The van der Waals surface area contributed by atoms with Gasteiger partial charge in [0.25, 0.3) is 0 Å². The van der Waals surface area contributed by atoms with Crippen molar-refractivity contribution in [3.63, 3.8) is 0 Å². The van der Waals surface area contributed by atoms with Crippen molar-refractivity contribution in [1.82, 2.24) is 4.31 Å². The van der Waals surface area contributed by atoms with E-state index < -0.39 is 10.0 Å². The highest BCUT2D eigenvalue weighted by Crippen LogP contribution is 2.28. The lowest BCUT2D eigenvalue weighted by molar-refractivity contribution is -0.140. The largest absolute Gasteiger partial charge is 0.493 e. The molecule has 0 atom stereocenters. The second kappa shape index (κ2) is 6.44. The van der Waals surface area contributed by atoms with E-state index in [4.69, 9.17) is 4.74 Å². The molecule has 1 aromatic rings. The third kappa shape index (κ3) is 3.54. The van der Waals surface area contributed by atoms with E-state index in [0.29, 0.717) is 13.0 Å². The molecule has 0 saturated carbocycles. The Morgan fingerprint density at radius 1 is 1.43 bits per heavy atom. The van der Waals surface area contributed by atoms with Gasteiger partial charge in [-0.15, -0.1) is 0 Å². The first-order valence-corrected chi connectivity index (χ1v) is 8.18. The van der Waals surface area contributed by atoms with Gasteiger partial charge < -0.3 is 9.47 Å². The number of ether oxygens (including phenoxy) is 2. The summed E-state index contributed by atoms with van der Waals surface area (Å²) in [6.07, 6.45) is 1.36. The number of esters is 1. The van der Waals surface area contributed by atoms with Crippen molar-refractivity contribution < 1.29 is 22.7 Å². The molecule has 7 heteroatoms. The zero-order valence-electron chi connectivity index (χ0n) is 12.2. The normalized spacial score (nSPS) is 13.9. The highest BCUT2D eigenvalue weighted by molar-refractivity contribution is 7.89. The second-order valence-corrected chi connectivity index (χ2v) is 6.92. The van der Waals surface area contributed by atoms with Gasteiger partial charge in [0.2, 0.25) is 10.0 Å². The Morgan fingerprint density at radius 2 is 2.19 bits per heavy atom. The van der Waals surface area contributed by atoms with Crippen LogP contribution in [0.3, 0.4) is 0 Å². The van der Waals surface area contributed by atoms with Gasteiger partial charge in [0.1, 0.15) is 5.75 Å². The Morgan fingerprint density at radius 3 is 2.90 bits per heavy atom. The number of fused-ring (bicyclic) bond motifs is 1. The standard InChI is InChI=1S/C14H19NO5S/c1-15(8-3-4-14(16)19-2)21(17,18)12-5-6-13-11(10-12)7-9-20-13/h5-6,10H,3-4,7-9H2,1-2H3. The summed E-state index contributed by atoms with van der Waals surface area (Å²) in [5.74, 6) is 0.415. The molecule has 0 aromatic heterocycles. The molecular weight excluding hydrogens is 294 g/mol. The van der Waals surface area contributed by atoms with E-state index in [0.717, 1.165) is 17.7 Å². The molecule has 1 aromatic carbocycles. The third-order valence-corrected chi connectivity index (χ3v) is 5.30. The van der Waals surface area contributed by atoms with Crippen LogP contribution in [0.1, 0.15) is 18.4 Å². The minimum absolute atomic E-state index is 0.203. The molecule has 0 N–H and O–H groups in total. The van der Waals surface area contributed by atoms with Crippen LogP contribution < -0.4 is 4.74 Å². The Hall–Kier alpha value is -1.60. The molecular formula is C14H19NO5S. The maximum Gasteiger partial charge on any atom is 0.305 e. The van der Waals surface area contributed by atoms with Gasteiger partial charge in [-0.05, 0) is 30.2 Å². The summed E-state index contributed by atoms with van der Waals surface area (Å²) in [7, 11) is -0.714. The zero-order chi connectivity index (χ0) is 15.5. The smallest absolute Gasteiger partial charge is 0.305 e. The highest BCUT2D eigenvalue weighted by Gasteiger charge is 2.23. The van der Waals surface area contributed by atoms with Crippen LogP contribution in [-0.4, -0.2) is 46.0 Å². The van der Waals surface area contributed by atoms with Gasteiger partial charge in [-0.3, -0.25) is 4.79 Å². The maximum absolute atomic E-state index is 12.4. The molecule has 0 spiro atoms. The zero-order valence-corrected chi connectivity index (χ0v) is 13.0. The number of carbonyl (C=O) groups excluding carboxylic acids is 1. The Labute approximate surface area is 124 Å². The predicted molar refractivity (Wildman–Crippen MR) is 76.7 cm³/mol. The number of carbonyl (C=O) groups is 1. The van der Waals surface area contributed by atoms with Crippen molar-refractivity contribution in [2.24, 2.45) is 0 Å². The van der Waals surface area contributed by atoms with E-state index in [1.54, 1.807) is 18.2 Å². The lowest BCUT2D eigenvalue weighted by Gasteiger charge is -2.17. The first-order chi connectivity index (χ1) is 9.95. The van der Waals surface area contributed by atoms with Gasteiger partial charge in [0.05, 0.1) is 18.6 Å². The fraction of sp³-hybridized carbons (Fsp3) is 0.500. The summed E-state index contributed by atoms with van der Waals surface area (Å²) in [5, 5.41) is 0. The SMILES string of the molecule is COC(=O)CCCN(C)S(=O)(=O)c1ccc2c(c1)CCO2. The molecule has 1 aliphatic heterocycles. The molecule has 21 heavy (non-hydrogen) atoms. The molecule has 6 nitrogen and oxygen atoms in total. The number of hydrogen-bond donors (Lipinski definition) is 0. The topological polar surface area (TPSA) is 72.9 Å². The van der Waals surface area contributed by atoms with Crippen molar-refractivity contribution in [2.45, 2.75) is 24.2 Å². The van der Waals surface area contributed by atoms with E-state index in [9.17, 15) is 13.2 Å². The summed E-state index contributed by atoms with van der Waals surface area (Å²) in [5.41, 5.74) is 0.916. The number of rotatable bonds is 6. The average molecular weight is 313 g/mol. The van der Waals surface area contributed by atoms with E-state index in [2.05, 4.69) is 4.74 Å². The minimum Gasteiger partial charge on any atom is -0.493 e. The van der Waals surface area contributed by atoms with Crippen molar-refractivity contribution in [1.29, 1.82) is 0 Å². The molecule has 116 valence electrons. The number of methoxy groups -OCH3 is 1. The fourth-order valence-electron chi connectivity index (χ4n) is 2.17. The van der Waals surface area contributed by atoms with Crippen molar-refractivity contribution in [2.75, 3.05) is 27.3 Å². The van der Waals surface area contributed by atoms with Crippen LogP contribution in [0.25, 0.3) is 0 Å². The quantitative estimate of drug-likeness (QED) is 0.738. The Kier molecular flexibility index (Phi) is 4.84. The van der Waals surface area contributed by atoms with Gasteiger partial charge in [-0.2, -0.15) is 0 Å². The van der Waals surface area contributed by atoms with Crippen LogP contribution in [0.4, 0.5) is 0 Å². The summed E-state index contributed by atoms with van der Waals surface area (Å²) >= 11 is 0. The van der Waals surface area contributed by atoms with Crippen molar-refractivity contribution >= 4 is 16.0 Å². The molecule has 0 radical (unpaired) electrons. The van der Waals surface area contributed by atoms with Gasteiger partial charge in [-0.1, -0.05) is 0 Å². The summed E-state index contributed by atoms with van der Waals surface area (Å²) in [6, 6.07) is 4.91. The van der Waals surface area contributed by atoms with E-state index >= 15 is 0 Å². The molecule has 0 bridgehead atoms. The van der Waals surface area contributed by atoms with E-state index in [1.165, 1.54) is 18.5 Å².